The molecule has 5 fully saturated rings. The molecule has 5 rings (SSSR count). The van der Waals surface area contributed by atoms with Crippen LogP contribution in [0.3, 0.4) is 0 Å². The molecule has 0 amide bonds. The van der Waals surface area contributed by atoms with Gasteiger partial charge in [-0.25, -0.2) is 0 Å². The van der Waals surface area contributed by atoms with Crippen LogP contribution in [0.25, 0.3) is 0 Å². The highest BCUT2D eigenvalue weighted by atomic mass is 16.7. The fourth-order valence-electron chi connectivity index (χ4n) is 11.8. The zero-order valence-corrected chi connectivity index (χ0v) is 28.7. The summed E-state index contributed by atoms with van der Waals surface area (Å²) in [6.45, 7) is 14.9. The third-order valence-corrected chi connectivity index (χ3v) is 14.9. The summed E-state index contributed by atoms with van der Waals surface area (Å²) < 4.78 is 12.6. The molecule has 7 N–H and O–H groups in total. The van der Waals surface area contributed by atoms with E-state index in [1.807, 2.05) is 13.0 Å². The summed E-state index contributed by atoms with van der Waals surface area (Å²) in [6, 6.07) is 0. The van der Waals surface area contributed by atoms with Gasteiger partial charge in [-0.2, -0.15) is 0 Å². The van der Waals surface area contributed by atoms with Gasteiger partial charge in [-0.1, -0.05) is 46.3 Å². The van der Waals surface area contributed by atoms with Crippen LogP contribution in [-0.4, -0.2) is 97.5 Å². The first-order valence-electron chi connectivity index (χ1n) is 17.5. The number of allylic oxidation sites excluding steroid dienone is 1. The fourth-order valence-corrected chi connectivity index (χ4v) is 11.8. The fraction of sp³-hybridized carbons (Fsp3) is 0.944. The van der Waals surface area contributed by atoms with Crippen molar-refractivity contribution in [1.29, 1.82) is 0 Å². The summed E-state index contributed by atoms with van der Waals surface area (Å²) in [6.07, 6.45) is 1.84. The topological polar surface area (TPSA) is 160 Å². The maximum absolute atomic E-state index is 12.2. The highest BCUT2D eigenvalue weighted by molar-refractivity contribution is 5.21. The van der Waals surface area contributed by atoms with Crippen LogP contribution >= 0.6 is 0 Å². The Morgan fingerprint density at radius 2 is 1.56 bits per heavy atom. The Morgan fingerprint density at radius 1 is 0.867 bits per heavy atom. The molecule has 0 unspecified atom stereocenters. The first-order valence-corrected chi connectivity index (χ1v) is 17.5. The highest BCUT2D eigenvalue weighted by Gasteiger charge is 2.72. The van der Waals surface area contributed by atoms with Gasteiger partial charge in [-0.3, -0.25) is 0 Å². The number of rotatable bonds is 8. The van der Waals surface area contributed by atoms with Crippen LogP contribution in [0.15, 0.2) is 11.6 Å². The minimum absolute atomic E-state index is 0.0194. The van der Waals surface area contributed by atoms with E-state index in [1.165, 1.54) is 0 Å². The number of fused-ring (bicyclic) bond motifs is 5. The van der Waals surface area contributed by atoms with E-state index >= 15 is 0 Å². The largest absolute Gasteiger partial charge is 0.394 e. The average molecular weight is 639 g/mol. The van der Waals surface area contributed by atoms with Crippen LogP contribution in [-0.2, 0) is 9.47 Å². The quantitative estimate of drug-likeness (QED) is 0.198. The van der Waals surface area contributed by atoms with Crippen molar-refractivity contribution in [2.45, 2.75) is 155 Å². The lowest BCUT2D eigenvalue weighted by Crippen LogP contribution is -2.68. The van der Waals surface area contributed by atoms with Gasteiger partial charge in [0, 0.05) is 5.41 Å². The second-order valence-corrected chi connectivity index (χ2v) is 17.1. The number of hydrogen-bond acceptors (Lipinski definition) is 9. The average Bonchev–Trinajstić information content (AvgIpc) is 3.36. The Balaban J connectivity index is 1.48. The summed E-state index contributed by atoms with van der Waals surface area (Å²) in [5, 5.41) is 74.6. The molecule has 4 saturated carbocycles. The molecule has 0 spiro atoms. The lowest BCUT2D eigenvalue weighted by atomic mass is 9.34. The predicted molar refractivity (Wildman–Crippen MR) is 170 cm³/mol. The molecular formula is C36H62O9. The zero-order valence-electron chi connectivity index (χ0n) is 28.7. The molecule has 0 aromatic carbocycles. The van der Waals surface area contributed by atoms with Gasteiger partial charge in [0.1, 0.15) is 24.4 Å². The van der Waals surface area contributed by atoms with Gasteiger partial charge in [0.25, 0.3) is 0 Å². The summed E-state index contributed by atoms with van der Waals surface area (Å²) in [4.78, 5) is 0. The van der Waals surface area contributed by atoms with Crippen LogP contribution in [0.2, 0.25) is 0 Å². The van der Waals surface area contributed by atoms with Crippen molar-refractivity contribution in [2.24, 2.45) is 45.3 Å². The van der Waals surface area contributed by atoms with Crippen molar-refractivity contribution in [1.82, 2.24) is 0 Å². The Labute approximate surface area is 270 Å². The Morgan fingerprint density at radius 3 is 2.20 bits per heavy atom. The SMILES string of the molecule is C/C(=C/CC[C@](C)(O[C@H]1O[C@@H](CO)[C@H](O)[C@@H](O)[C@@H]1O)[C@H]1CC[C@]2(C)[C@@H]1CC[C@H]1[C@@]3(C)CC[C@H](O)C(C)(C)[C@@H]3C[C@H](O)[C@]12C)CO. The Hall–Kier alpha value is -0.620. The summed E-state index contributed by atoms with van der Waals surface area (Å²) in [5.41, 5.74) is -0.678. The van der Waals surface area contributed by atoms with Crippen molar-refractivity contribution in [3.05, 3.63) is 11.6 Å². The molecule has 9 nitrogen and oxygen atoms in total. The second kappa shape index (κ2) is 12.4. The van der Waals surface area contributed by atoms with Crippen LogP contribution in [0, 0.1) is 45.3 Å². The number of aliphatic hydroxyl groups is 7. The van der Waals surface area contributed by atoms with E-state index in [4.69, 9.17) is 9.47 Å². The number of aliphatic hydroxyl groups excluding tert-OH is 7. The molecule has 260 valence electrons. The van der Waals surface area contributed by atoms with Crippen LogP contribution in [0.5, 0.6) is 0 Å². The highest BCUT2D eigenvalue weighted by Crippen LogP contribution is 2.76. The molecule has 1 saturated heterocycles. The van der Waals surface area contributed by atoms with E-state index in [2.05, 4.69) is 41.5 Å². The van der Waals surface area contributed by atoms with Gasteiger partial charge in [0.2, 0.25) is 0 Å². The molecule has 5 aliphatic rings. The molecule has 1 aliphatic heterocycles. The van der Waals surface area contributed by atoms with Gasteiger partial charge in [0.05, 0.1) is 31.0 Å². The molecule has 0 aromatic rings. The molecule has 9 heteroatoms. The van der Waals surface area contributed by atoms with E-state index < -0.39 is 49.0 Å². The van der Waals surface area contributed by atoms with Gasteiger partial charge < -0.3 is 45.2 Å². The van der Waals surface area contributed by atoms with Gasteiger partial charge >= 0.3 is 0 Å². The molecule has 45 heavy (non-hydrogen) atoms. The van der Waals surface area contributed by atoms with E-state index in [0.29, 0.717) is 25.2 Å². The Kier molecular flexibility index (Phi) is 9.80. The van der Waals surface area contributed by atoms with Gasteiger partial charge in [-0.15, -0.1) is 0 Å². The predicted octanol–water partition coefficient (Wildman–Crippen LogP) is 3.30. The molecule has 15 atom stereocenters. The Bertz CT molecular complexity index is 1090. The van der Waals surface area contributed by atoms with Crippen LogP contribution in [0.1, 0.15) is 106 Å². The molecule has 1 heterocycles. The lowest BCUT2D eigenvalue weighted by Gasteiger charge is -2.71. The monoisotopic (exact) mass is 638 g/mol. The molecule has 4 aliphatic carbocycles. The van der Waals surface area contributed by atoms with Crippen molar-refractivity contribution in [2.75, 3.05) is 13.2 Å². The summed E-state index contributed by atoms with van der Waals surface area (Å²) >= 11 is 0. The molecular weight excluding hydrogens is 576 g/mol. The van der Waals surface area contributed by atoms with Gasteiger partial charge in [-0.05, 0) is 112 Å². The minimum Gasteiger partial charge on any atom is -0.394 e. The third kappa shape index (κ3) is 5.39. The molecule has 0 aromatic heterocycles. The lowest BCUT2D eigenvalue weighted by molar-refractivity contribution is -0.335. The second-order valence-electron chi connectivity index (χ2n) is 17.1. The minimum atomic E-state index is -1.52. The smallest absolute Gasteiger partial charge is 0.187 e. The standard InChI is InChI=1S/C36H62O9/c1-20(18-37)9-8-14-35(6,45-31-30(43)29(42)28(41)23(19-38)44-31)22-12-16-34(5)21(22)10-11-24-33(4)15-13-26(39)32(2,3)25(33)17-27(40)36(24,34)7/h9,21-31,37-43H,8,10-19H2,1-7H3/b20-9-/t21-,22+,23+,24+,25+,26+,27+,28+,29-,30+,31-,33-,34-,35+,36+/m1/s1. The molecule has 0 radical (unpaired) electrons. The first kappa shape index (κ1) is 35.7. The van der Waals surface area contributed by atoms with Crippen LogP contribution < -0.4 is 0 Å². The van der Waals surface area contributed by atoms with Gasteiger partial charge in [0.15, 0.2) is 6.29 Å². The van der Waals surface area contributed by atoms with E-state index in [-0.39, 0.29) is 52.1 Å². The number of hydrogen-bond donors (Lipinski definition) is 7. The zero-order chi connectivity index (χ0) is 33.3. The third-order valence-electron chi connectivity index (χ3n) is 14.9. The molecule has 0 bridgehead atoms. The van der Waals surface area contributed by atoms with Crippen molar-refractivity contribution in [3.8, 4) is 0 Å². The van der Waals surface area contributed by atoms with Crippen molar-refractivity contribution < 1.29 is 45.2 Å². The maximum Gasteiger partial charge on any atom is 0.187 e. The van der Waals surface area contributed by atoms with Crippen molar-refractivity contribution >= 4 is 0 Å². The normalized spacial score (nSPS) is 51.2. The first-order chi connectivity index (χ1) is 20.9. The summed E-state index contributed by atoms with van der Waals surface area (Å²) in [7, 11) is 0. The number of ether oxygens (including phenoxy) is 2. The maximum atomic E-state index is 12.2. The van der Waals surface area contributed by atoms with E-state index in [0.717, 1.165) is 44.1 Å². The summed E-state index contributed by atoms with van der Waals surface area (Å²) in [5.74, 6) is 0.852. The van der Waals surface area contributed by atoms with E-state index in [9.17, 15) is 35.7 Å². The van der Waals surface area contributed by atoms with E-state index in [1.54, 1.807) is 0 Å². The van der Waals surface area contributed by atoms with Crippen LogP contribution in [0.4, 0.5) is 0 Å². The van der Waals surface area contributed by atoms with Crippen molar-refractivity contribution in [3.63, 3.8) is 0 Å².